The summed E-state index contributed by atoms with van der Waals surface area (Å²) in [6.45, 7) is 11.7. The number of aromatic nitrogens is 1. The number of para-hydroxylation sites is 1. The first-order chi connectivity index (χ1) is 24.7. The van der Waals surface area contributed by atoms with E-state index in [9.17, 15) is 19.8 Å². The molecule has 3 fully saturated rings. The number of rotatable bonds is 7. The number of nitrogens with one attached hydrogen (secondary N) is 1. The molecule has 1 saturated carbocycles. The number of hydrogen-bond donors (Lipinski definition) is 3. The van der Waals surface area contributed by atoms with Gasteiger partial charge in [0, 0.05) is 70.8 Å². The highest BCUT2D eigenvalue weighted by Gasteiger charge is 2.62. The molecule has 2 aromatic rings. The molecule has 1 aromatic carbocycles. The van der Waals surface area contributed by atoms with Crippen LogP contribution in [0.2, 0.25) is 10.0 Å². The van der Waals surface area contributed by atoms with Crippen molar-refractivity contribution in [3.8, 4) is 0 Å². The Balaban J connectivity index is 1.10. The van der Waals surface area contributed by atoms with Crippen LogP contribution in [-0.4, -0.2) is 102 Å². The minimum Gasteiger partial charge on any atom is -0.454 e. The largest absolute Gasteiger partial charge is 0.454 e. The summed E-state index contributed by atoms with van der Waals surface area (Å²) in [5, 5.41) is 30.4. The maximum absolute atomic E-state index is 14.2. The molecule has 0 radical (unpaired) electrons. The third-order valence-electron chi connectivity index (χ3n) is 12.2. The van der Waals surface area contributed by atoms with Gasteiger partial charge in [0.25, 0.3) is 0 Å². The van der Waals surface area contributed by atoms with Crippen molar-refractivity contribution in [1.82, 2.24) is 15.2 Å². The summed E-state index contributed by atoms with van der Waals surface area (Å²) in [7, 11) is 1.69. The number of aliphatic hydroxyl groups is 2. The number of nitrogens with zero attached hydrogens (tertiary/aromatic N) is 4. The number of halogens is 2. The predicted octanol–water partition coefficient (Wildman–Crippen LogP) is 4.30. The van der Waals surface area contributed by atoms with Gasteiger partial charge in [-0.1, -0.05) is 55.3 Å². The molecule has 3 N–H and O–H groups in total. The average molecular weight is 759 g/mol. The summed E-state index contributed by atoms with van der Waals surface area (Å²) in [5.41, 5.74) is -1.28. The molecule has 12 nitrogen and oxygen atoms in total. The molecule has 0 bridgehead atoms. The van der Waals surface area contributed by atoms with Gasteiger partial charge < -0.3 is 24.6 Å². The molecule has 3 aliphatic heterocycles. The van der Waals surface area contributed by atoms with Gasteiger partial charge >= 0.3 is 11.9 Å². The first-order valence-corrected chi connectivity index (χ1v) is 19.0. The fourth-order valence-electron chi connectivity index (χ4n) is 9.42. The van der Waals surface area contributed by atoms with Crippen LogP contribution >= 0.6 is 23.2 Å². The standard InChI is InChI=1S/C38H49Cl2N5O7/c1-21-17-28-26(22(2)20-44-13-15-45(16-14-44)31-12-10-25(39)19-41-31)11-9-23(3)38(28,49)34(33(21)50-24(4)46)51-35(47)30-18-37(48)27-7-6-8-29(40)32(27)43(5)52-36(37)42-30/h6-8,10,12,17,19,22-23,26,28,30,33-34,36,42,48-49H,9,11,13-16,18,20H2,1-5H3/t22?,23-,26+,28-,30+,33-,34+,36-,37-,38-/m1/s1. The molecule has 1 unspecified atom stereocenters. The summed E-state index contributed by atoms with van der Waals surface area (Å²) in [6, 6.07) is 8.07. The lowest BCUT2D eigenvalue weighted by molar-refractivity contribution is -0.225. The highest BCUT2D eigenvalue weighted by molar-refractivity contribution is 6.33. The fourth-order valence-corrected chi connectivity index (χ4v) is 9.82. The van der Waals surface area contributed by atoms with Crippen molar-refractivity contribution in [3.05, 3.63) is 63.8 Å². The van der Waals surface area contributed by atoms with Crippen LogP contribution in [0, 0.1) is 23.7 Å². The molecule has 7 rings (SSSR count). The van der Waals surface area contributed by atoms with E-state index in [1.165, 1.54) is 12.0 Å². The minimum atomic E-state index is -1.57. The van der Waals surface area contributed by atoms with Crippen LogP contribution in [0.5, 0.6) is 0 Å². The third kappa shape index (κ3) is 6.58. The van der Waals surface area contributed by atoms with Crippen molar-refractivity contribution >= 4 is 46.6 Å². The van der Waals surface area contributed by atoms with Crippen LogP contribution in [0.15, 0.2) is 48.2 Å². The van der Waals surface area contributed by atoms with Gasteiger partial charge in [0.1, 0.15) is 23.1 Å². The summed E-state index contributed by atoms with van der Waals surface area (Å²) < 4.78 is 12.1. The zero-order valence-corrected chi connectivity index (χ0v) is 31.8. The van der Waals surface area contributed by atoms with Crippen LogP contribution in [0.3, 0.4) is 0 Å². The van der Waals surface area contributed by atoms with Crippen LogP contribution in [0.25, 0.3) is 0 Å². The maximum Gasteiger partial charge on any atom is 0.323 e. The number of pyridine rings is 1. The Bertz CT molecular complexity index is 1710. The zero-order chi connectivity index (χ0) is 37.1. The number of fused-ring (bicyclic) bond motifs is 4. The Kier molecular flexibility index (Phi) is 10.3. The topological polar surface area (TPSA) is 137 Å². The van der Waals surface area contributed by atoms with E-state index < -0.39 is 47.6 Å². The number of hydroxylamine groups is 1. The van der Waals surface area contributed by atoms with E-state index in [1.807, 2.05) is 32.1 Å². The van der Waals surface area contributed by atoms with Gasteiger partial charge in [-0.25, -0.2) is 4.98 Å². The third-order valence-corrected chi connectivity index (χ3v) is 12.7. The molecule has 5 aliphatic rings. The number of carbonyl (C=O) groups is 2. The fraction of sp³-hybridized carbons (Fsp3) is 0.605. The van der Waals surface area contributed by atoms with Crippen LogP contribution in [0.4, 0.5) is 11.5 Å². The van der Waals surface area contributed by atoms with Crippen molar-refractivity contribution < 1.29 is 34.1 Å². The summed E-state index contributed by atoms with van der Waals surface area (Å²) in [5.74, 6) is -0.585. The Morgan fingerprint density at radius 1 is 1.12 bits per heavy atom. The van der Waals surface area contributed by atoms with Gasteiger partial charge in [0.2, 0.25) is 0 Å². The molecule has 0 amide bonds. The maximum atomic E-state index is 14.2. The van der Waals surface area contributed by atoms with E-state index in [0.717, 1.165) is 50.5 Å². The first-order valence-electron chi connectivity index (χ1n) is 18.3. The molecule has 2 saturated heterocycles. The first kappa shape index (κ1) is 37.3. The highest BCUT2D eigenvalue weighted by Crippen LogP contribution is 2.53. The van der Waals surface area contributed by atoms with Crippen molar-refractivity contribution in [1.29, 1.82) is 0 Å². The Labute approximate surface area is 314 Å². The average Bonchev–Trinajstić information content (AvgIpc) is 3.45. The van der Waals surface area contributed by atoms with Crippen molar-refractivity contribution in [3.63, 3.8) is 0 Å². The smallest absolute Gasteiger partial charge is 0.323 e. The minimum absolute atomic E-state index is 0.0458. The molecular formula is C38H49Cl2N5O7. The van der Waals surface area contributed by atoms with Crippen molar-refractivity contribution in [2.45, 2.75) is 82.6 Å². The number of piperazine rings is 1. The molecule has 2 aliphatic carbocycles. The molecule has 14 heteroatoms. The van der Waals surface area contributed by atoms with Gasteiger partial charge in [-0.15, -0.1) is 0 Å². The van der Waals surface area contributed by atoms with Gasteiger partial charge in [-0.3, -0.25) is 29.7 Å². The molecular weight excluding hydrogens is 709 g/mol. The van der Waals surface area contributed by atoms with E-state index >= 15 is 0 Å². The lowest BCUT2D eigenvalue weighted by Crippen LogP contribution is -2.66. The van der Waals surface area contributed by atoms with Crippen LogP contribution in [-0.2, 0) is 29.5 Å². The Morgan fingerprint density at radius 2 is 1.87 bits per heavy atom. The summed E-state index contributed by atoms with van der Waals surface area (Å²) in [6.07, 6.45) is 2.22. The number of anilines is 2. The van der Waals surface area contributed by atoms with E-state index in [1.54, 1.807) is 31.4 Å². The molecule has 282 valence electrons. The number of hydrogen-bond acceptors (Lipinski definition) is 12. The number of esters is 2. The lowest BCUT2D eigenvalue weighted by Gasteiger charge is -2.56. The molecule has 4 heterocycles. The Hall–Kier alpha value is -2.97. The highest BCUT2D eigenvalue weighted by atomic mass is 35.5. The SMILES string of the molecule is CC(=O)O[C@@H]1C(C)=C[C@@H]2[C@H](C(C)CN3CCN(c4ccc(Cl)cn4)CC3)CC[C@@H](C)[C@]2(O)[C@H]1OC(=O)[C@@H]1C[C@@]2(O)c3cccc(Cl)c3N(C)O[C@H]2N1. The van der Waals surface area contributed by atoms with Crippen molar-refractivity contribution in [2.75, 3.05) is 49.7 Å². The van der Waals surface area contributed by atoms with Crippen LogP contribution < -0.4 is 15.3 Å². The lowest BCUT2D eigenvalue weighted by atomic mass is 9.55. The molecule has 52 heavy (non-hydrogen) atoms. The zero-order valence-electron chi connectivity index (χ0n) is 30.3. The number of benzene rings is 1. The van der Waals surface area contributed by atoms with Crippen molar-refractivity contribution in [2.24, 2.45) is 23.7 Å². The van der Waals surface area contributed by atoms with Gasteiger partial charge in [-0.2, -0.15) is 0 Å². The predicted molar refractivity (Wildman–Crippen MR) is 197 cm³/mol. The number of ether oxygens (including phenoxy) is 2. The molecule has 0 spiro atoms. The quantitative estimate of drug-likeness (QED) is 0.275. The monoisotopic (exact) mass is 757 g/mol. The second-order valence-corrected chi connectivity index (χ2v) is 16.3. The van der Waals surface area contributed by atoms with E-state index in [4.69, 9.17) is 37.5 Å². The second-order valence-electron chi connectivity index (χ2n) is 15.4. The Morgan fingerprint density at radius 3 is 2.56 bits per heavy atom. The second kappa shape index (κ2) is 14.4. The number of carbonyl (C=O) groups excluding carboxylic acids is 2. The van der Waals surface area contributed by atoms with Gasteiger partial charge in [0.05, 0.1) is 15.7 Å². The van der Waals surface area contributed by atoms with Gasteiger partial charge in [0.15, 0.2) is 18.4 Å². The summed E-state index contributed by atoms with van der Waals surface area (Å²) in [4.78, 5) is 41.8. The van der Waals surface area contributed by atoms with Crippen LogP contribution in [0.1, 0.15) is 52.5 Å². The normalized spacial score (nSPS) is 35.2. The van der Waals surface area contributed by atoms with E-state index in [0.29, 0.717) is 27.7 Å². The van der Waals surface area contributed by atoms with Gasteiger partial charge in [-0.05, 0) is 61.3 Å². The van der Waals surface area contributed by atoms with E-state index in [2.05, 4.69) is 27.0 Å². The summed E-state index contributed by atoms with van der Waals surface area (Å²) >= 11 is 12.5. The van der Waals surface area contributed by atoms with E-state index in [-0.39, 0.29) is 30.1 Å². The molecule has 10 atom stereocenters. The molecule has 1 aromatic heterocycles.